The van der Waals surface area contributed by atoms with E-state index in [4.69, 9.17) is 0 Å². The molecule has 0 bridgehead atoms. The summed E-state index contributed by atoms with van der Waals surface area (Å²) in [5, 5.41) is 0. The summed E-state index contributed by atoms with van der Waals surface area (Å²) in [5.74, 6) is 1.02. The second kappa shape index (κ2) is 4.77. The van der Waals surface area contributed by atoms with Gasteiger partial charge in [-0.2, -0.15) is 0 Å². The van der Waals surface area contributed by atoms with Crippen LogP contribution in [-0.4, -0.2) is 29.7 Å². The number of piperidine rings is 1. The maximum absolute atomic E-state index is 11.9. The van der Waals surface area contributed by atoms with Gasteiger partial charge in [0.1, 0.15) is 0 Å². The van der Waals surface area contributed by atoms with Crippen LogP contribution in [0.5, 0.6) is 0 Å². The molecule has 0 atom stereocenters. The van der Waals surface area contributed by atoms with Crippen molar-refractivity contribution in [2.24, 2.45) is 5.92 Å². The standard InChI is InChI=1S/C12H19NO2/c14-11-6-3-7-13(9-11)12(15)8-10-4-1-2-5-10/h10H,1-9H2. The summed E-state index contributed by atoms with van der Waals surface area (Å²) in [4.78, 5) is 24.8. The molecule has 1 saturated carbocycles. The van der Waals surface area contributed by atoms with E-state index in [1.54, 1.807) is 4.90 Å². The quantitative estimate of drug-likeness (QED) is 0.695. The normalized spacial score (nSPS) is 23.5. The number of hydrogen-bond donors (Lipinski definition) is 0. The predicted molar refractivity (Wildman–Crippen MR) is 57.4 cm³/mol. The van der Waals surface area contributed by atoms with Gasteiger partial charge in [-0.15, -0.1) is 0 Å². The molecule has 0 radical (unpaired) electrons. The second-order valence-corrected chi connectivity index (χ2v) is 4.81. The lowest BCUT2D eigenvalue weighted by Gasteiger charge is -2.26. The number of ketones is 1. The van der Waals surface area contributed by atoms with Gasteiger partial charge in [-0.05, 0) is 25.2 Å². The maximum atomic E-state index is 11.9. The van der Waals surface area contributed by atoms with Gasteiger partial charge >= 0.3 is 0 Å². The molecule has 0 unspecified atom stereocenters. The van der Waals surface area contributed by atoms with E-state index in [9.17, 15) is 9.59 Å². The van der Waals surface area contributed by atoms with Crippen LogP contribution in [0.2, 0.25) is 0 Å². The molecule has 15 heavy (non-hydrogen) atoms. The van der Waals surface area contributed by atoms with Crippen molar-refractivity contribution < 1.29 is 9.59 Å². The average molecular weight is 209 g/mol. The highest BCUT2D eigenvalue weighted by Gasteiger charge is 2.25. The van der Waals surface area contributed by atoms with Gasteiger partial charge in [-0.1, -0.05) is 12.8 Å². The summed E-state index contributed by atoms with van der Waals surface area (Å²) < 4.78 is 0. The molecule has 3 heteroatoms. The Bertz CT molecular complexity index is 256. The van der Waals surface area contributed by atoms with E-state index >= 15 is 0 Å². The van der Waals surface area contributed by atoms with Crippen molar-refractivity contribution in [3.63, 3.8) is 0 Å². The minimum Gasteiger partial charge on any atom is -0.335 e. The Labute approximate surface area is 90.8 Å². The van der Waals surface area contributed by atoms with Gasteiger partial charge in [0.15, 0.2) is 5.78 Å². The number of rotatable bonds is 2. The van der Waals surface area contributed by atoms with Crippen LogP contribution in [0.15, 0.2) is 0 Å². The molecule has 0 aromatic rings. The molecule has 2 aliphatic rings. The fraction of sp³-hybridized carbons (Fsp3) is 0.833. The molecule has 0 aromatic carbocycles. The number of hydrogen-bond acceptors (Lipinski definition) is 2. The van der Waals surface area contributed by atoms with Crippen molar-refractivity contribution in [2.75, 3.05) is 13.1 Å². The Hall–Kier alpha value is -0.860. The first-order valence-corrected chi connectivity index (χ1v) is 6.05. The van der Waals surface area contributed by atoms with Gasteiger partial charge < -0.3 is 4.90 Å². The Balaban J connectivity index is 1.81. The van der Waals surface area contributed by atoms with Crippen LogP contribution < -0.4 is 0 Å². The lowest BCUT2D eigenvalue weighted by atomic mass is 10.0. The molecule has 0 spiro atoms. The topological polar surface area (TPSA) is 37.4 Å². The summed E-state index contributed by atoms with van der Waals surface area (Å²) >= 11 is 0. The zero-order valence-corrected chi connectivity index (χ0v) is 9.21. The van der Waals surface area contributed by atoms with Crippen LogP contribution in [0.1, 0.15) is 44.9 Å². The predicted octanol–water partition coefficient (Wildman–Crippen LogP) is 1.76. The van der Waals surface area contributed by atoms with Crippen LogP contribution in [0.25, 0.3) is 0 Å². The average Bonchev–Trinajstić information content (AvgIpc) is 2.70. The van der Waals surface area contributed by atoms with Gasteiger partial charge in [-0.3, -0.25) is 9.59 Å². The molecular weight excluding hydrogens is 190 g/mol. The Morgan fingerprint density at radius 2 is 2.00 bits per heavy atom. The smallest absolute Gasteiger partial charge is 0.223 e. The number of Topliss-reactive ketones (excluding diaryl/α,β-unsaturated/α-hetero) is 1. The molecule has 1 heterocycles. The first-order valence-electron chi connectivity index (χ1n) is 6.05. The van der Waals surface area contributed by atoms with Crippen LogP contribution in [0.3, 0.4) is 0 Å². The third-order valence-corrected chi connectivity index (χ3v) is 3.54. The monoisotopic (exact) mass is 209 g/mol. The number of carbonyl (C=O) groups excluding carboxylic acids is 2. The van der Waals surface area contributed by atoms with Crippen LogP contribution in [0.4, 0.5) is 0 Å². The largest absolute Gasteiger partial charge is 0.335 e. The third kappa shape index (κ3) is 2.80. The molecule has 3 nitrogen and oxygen atoms in total. The van der Waals surface area contributed by atoms with E-state index in [0.717, 1.165) is 13.0 Å². The molecule has 1 aliphatic heterocycles. The minimum atomic E-state index is 0.204. The lowest BCUT2D eigenvalue weighted by Crippen LogP contribution is -2.40. The molecule has 84 valence electrons. The Morgan fingerprint density at radius 3 is 2.67 bits per heavy atom. The van der Waals surface area contributed by atoms with Gasteiger partial charge in [0.2, 0.25) is 5.91 Å². The van der Waals surface area contributed by atoms with Crippen molar-refractivity contribution in [3.05, 3.63) is 0 Å². The number of amides is 1. The fourth-order valence-electron chi connectivity index (χ4n) is 2.64. The van der Waals surface area contributed by atoms with Crippen molar-refractivity contribution in [3.8, 4) is 0 Å². The number of likely N-dealkylation sites (tertiary alicyclic amines) is 1. The van der Waals surface area contributed by atoms with E-state index < -0.39 is 0 Å². The van der Waals surface area contributed by atoms with Crippen molar-refractivity contribution in [1.82, 2.24) is 4.90 Å². The Kier molecular flexibility index (Phi) is 3.39. The summed E-state index contributed by atoms with van der Waals surface area (Å²) in [6, 6.07) is 0. The van der Waals surface area contributed by atoms with Crippen LogP contribution in [0, 0.1) is 5.92 Å². The maximum Gasteiger partial charge on any atom is 0.223 e. The Morgan fingerprint density at radius 1 is 1.27 bits per heavy atom. The molecule has 0 aromatic heterocycles. The first-order chi connectivity index (χ1) is 7.25. The van der Waals surface area contributed by atoms with Gasteiger partial charge in [0.05, 0.1) is 6.54 Å². The van der Waals surface area contributed by atoms with Gasteiger partial charge in [0.25, 0.3) is 0 Å². The molecule has 2 rings (SSSR count). The van der Waals surface area contributed by atoms with E-state index in [2.05, 4.69) is 0 Å². The van der Waals surface area contributed by atoms with Crippen molar-refractivity contribution in [2.45, 2.75) is 44.9 Å². The second-order valence-electron chi connectivity index (χ2n) is 4.81. The first kappa shape index (κ1) is 10.7. The fourth-order valence-corrected chi connectivity index (χ4v) is 2.64. The highest BCUT2D eigenvalue weighted by Crippen LogP contribution is 2.28. The summed E-state index contributed by atoms with van der Waals surface area (Å²) in [6.45, 7) is 1.16. The van der Waals surface area contributed by atoms with Crippen LogP contribution in [-0.2, 0) is 9.59 Å². The molecule has 1 aliphatic carbocycles. The highest BCUT2D eigenvalue weighted by molar-refractivity contribution is 5.87. The summed E-state index contributed by atoms with van der Waals surface area (Å²) in [6.07, 6.45) is 7.14. The van der Waals surface area contributed by atoms with Gasteiger partial charge in [0, 0.05) is 19.4 Å². The summed E-state index contributed by atoms with van der Waals surface area (Å²) in [7, 11) is 0. The SMILES string of the molecule is O=C1CCCN(C(=O)CC2CCCC2)C1. The van der Waals surface area contributed by atoms with Crippen LogP contribution >= 0.6 is 0 Å². The van der Waals surface area contributed by atoms with E-state index in [1.807, 2.05) is 0 Å². The van der Waals surface area contributed by atoms with Gasteiger partial charge in [-0.25, -0.2) is 0 Å². The molecule has 0 N–H and O–H groups in total. The molecule has 1 amide bonds. The van der Waals surface area contributed by atoms with E-state index in [-0.39, 0.29) is 11.7 Å². The minimum absolute atomic E-state index is 0.204. The number of carbonyl (C=O) groups is 2. The summed E-state index contributed by atoms with van der Waals surface area (Å²) in [5.41, 5.74) is 0. The van der Waals surface area contributed by atoms with E-state index in [0.29, 0.717) is 25.3 Å². The number of nitrogens with zero attached hydrogens (tertiary/aromatic N) is 1. The zero-order valence-electron chi connectivity index (χ0n) is 9.21. The third-order valence-electron chi connectivity index (χ3n) is 3.54. The lowest BCUT2D eigenvalue weighted by molar-refractivity contribution is -0.138. The zero-order chi connectivity index (χ0) is 10.7. The van der Waals surface area contributed by atoms with Crippen molar-refractivity contribution in [1.29, 1.82) is 0 Å². The van der Waals surface area contributed by atoms with Crippen molar-refractivity contribution >= 4 is 11.7 Å². The molecule has 1 saturated heterocycles. The molecular formula is C12H19NO2. The highest BCUT2D eigenvalue weighted by atomic mass is 16.2. The van der Waals surface area contributed by atoms with E-state index in [1.165, 1.54) is 25.7 Å². The molecule has 2 fully saturated rings.